The minimum atomic E-state index is -5.01. The smallest absolute Gasteiger partial charge is 0.403 e. The molecule has 1 nitrogen and oxygen atoms in total. The predicted octanol–water partition coefficient (Wildman–Crippen LogP) is 8.95. The summed E-state index contributed by atoms with van der Waals surface area (Å²) in [7, 11) is 0. The van der Waals surface area contributed by atoms with E-state index in [0.717, 1.165) is 37.8 Å². The van der Waals surface area contributed by atoms with Gasteiger partial charge in [-0.15, -0.1) is 13.2 Å². The Morgan fingerprint density at radius 1 is 0.882 bits per heavy atom. The molecule has 184 valence electrons. The van der Waals surface area contributed by atoms with Crippen LogP contribution in [0.15, 0.2) is 24.3 Å². The van der Waals surface area contributed by atoms with Crippen molar-refractivity contribution in [3.05, 3.63) is 64.0 Å². The molecule has 1 fully saturated rings. The minimum absolute atomic E-state index is 0.137. The van der Waals surface area contributed by atoms with Gasteiger partial charge in [0.25, 0.3) is 0 Å². The molecule has 0 aromatic heterocycles. The van der Waals surface area contributed by atoms with E-state index in [1.165, 1.54) is 37.5 Å². The normalized spacial score (nSPS) is 20.6. The lowest BCUT2D eigenvalue weighted by atomic mass is 9.76. The zero-order valence-corrected chi connectivity index (χ0v) is 19.1. The summed E-state index contributed by atoms with van der Waals surface area (Å²) in [6, 6.07) is 4.73. The van der Waals surface area contributed by atoms with Crippen LogP contribution < -0.4 is 4.74 Å². The van der Waals surface area contributed by atoms with Gasteiger partial charge in [-0.25, -0.2) is 13.2 Å². The van der Waals surface area contributed by atoms with Crippen molar-refractivity contribution in [3.8, 4) is 5.75 Å². The third-order valence-corrected chi connectivity index (χ3v) is 7.08. The van der Waals surface area contributed by atoms with Crippen LogP contribution in [0.2, 0.25) is 0 Å². The van der Waals surface area contributed by atoms with Crippen LogP contribution in [0.1, 0.15) is 86.5 Å². The number of allylic oxidation sites excluding steroid dienone is 1. The van der Waals surface area contributed by atoms with Crippen LogP contribution in [0, 0.1) is 23.4 Å². The number of benzene rings is 2. The Morgan fingerprint density at radius 3 is 2.18 bits per heavy atom. The second-order valence-electron chi connectivity index (χ2n) is 9.42. The fourth-order valence-corrected chi connectivity index (χ4v) is 5.30. The van der Waals surface area contributed by atoms with Gasteiger partial charge in [0, 0.05) is 5.56 Å². The molecule has 2 aliphatic carbocycles. The lowest BCUT2D eigenvalue weighted by molar-refractivity contribution is -0.275. The van der Waals surface area contributed by atoms with E-state index in [9.17, 15) is 17.6 Å². The highest BCUT2D eigenvalue weighted by Crippen LogP contribution is 2.41. The summed E-state index contributed by atoms with van der Waals surface area (Å²) in [6.45, 7) is 2.18. The van der Waals surface area contributed by atoms with Gasteiger partial charge in [-0.2, -0.15) is 0 Å². The van der Waals surface area contributed by atoms with Gasteiger partial charge in [0.1, 0.15) is 11.6 Å². The van der Waals surface area contributed by atoms with Crippen LogP contribution in [-0.4, -0.2) is 6.36 Å². The van der Waals surface area contributed by atoms with Crippen molar-refractivity contribution in [3.63, 3.8) is 0 Å². The van der Waals surface area contributed by atoms with Crippen molar-refractivity contribution in [2.24, 2.45) is 5.92 Å². The van der Waals surface area contributed by atoms with Gasteiger partial charge in [-0.1, -0.05) is 32.3 Å². The molecule has 0 bridgehead atoms. The fraction of sp³-hybridized carbons (Fsp3) is 0.481. The molecule has 2 aliphatic rings. The van der Waals surface area contributed by atoms with Crippen LogP contribution in [0.4, 0.5) is 26.3 Å². The van der Waals surface area contributed by atoms with Gasteiger partial charge >= 0.3 is 6.36 Å². The SMILES string of the molecule is CCCCC1CCC(c2cc(F)c(C3=Cc4cc(F)c(OC(F)(F)F)cc4CC3)c(F)c2)CC1. The molecule has 0 atom stereocenters. The third kappa shape index (κ3) is 5.61. The number of aryl methyl sites for hydroxylation is 1. The summed E-state index contributed by atoms with van der Waals surface area (Å²) in [5.74, 6) is -2.57. The predicted molar refractivity (Wildman–Crippen MR) is 120 cm³/mol. The molecule has 34 heavy (non-hydrogen) atoms. The van der Waals surface area contributed by atoms with Crippen LogP contribution in [0.25, 0.3) is 11.6 Å². The molecular formula is C27H28F6O. The first-order valence-electron chi connectivity index (χ1n) is 11.9. The second kappa shape index (κ2) is 10.0. The number of hydrogen-bond acceptors (Lipinski definition) is 1. The Kier molecular flexibility index (Phi) is 7.29. The van der Waals surface area contributed by atoms with Crippen LogP contribution >= 0.6 is 0 Å². The topological polar surface area (TPSA) is 9.23 Å². The lowest BCUT2D eigenvalue weighted by Crippen LogP contribution is -2.18. The van der Waals surface area contributed by atoms with Crippen molar-refractivity contribution in [1.82, 2.24) is 0 Å². The van der Waals surface area contributed by atoms with E-state index in [2.05, 4.69) is 11.7 Å². The molecule has 0 spiro atoms. The molecule has 0 heterocycles. The molecule has 2 aromatic carbocycles. The first-order valence-corrected chi connectivity index (χ1v) is 11.9. The van der Waals surface area contributed by atoms with Gasteiger partial charge in [0.05, 0.1) is 0 Å². The van der Waals surface area contributed by atoms with Gasteiger partial charge in [0.15, 0.2) is 11.6 Å². The third-order valence-electron chi connectivity index (χ3n) is 7.08. The maximum Gasteiger partial charge on any atom is 0.573 e. The van der Waals surface area contributed by atoms with Gasteiger partial charge in [0.2, 0.25) is 0 Å². The molecule has 0 amide bonds. The average molecular weight is 483 g/mol. The summed E-state index contributed by atoms with van der Waals surface area (Å²) < 4.78 is 85.5. The zero-order valence-electron chi connectivity index (χ0n) is 19.1. The monoisotopic (exact) mass is 482 g/mol. The van der Waals surface area contributed by atoms with E-state index in [4.69, 9.17) is 0 Å². The largest absolute Gasteiger partial charge is 0.573 e. The summed E-state index contributed by atoms with van der Waals surface area (Å²) in [5.41, 5.74) is 1.61. The summed E-state index contributed by atoms with van der Waals surface area (Å²) in [5, 5.41) is 0. The van der Waals surface area contributed by atoms with Crippen LogP contribution in [0.5, 0.6) is 5.75 Å². The number of alkyl halides is 3. The van der Waals surface area contributed by atoms with Gasteiger partial charge in [-0.05, 0) is 96.9 Å². The highest BCUT2D eigenvalue weighted by atomic mass is 19.4. The van der Waals surface area contributed by atoms with Crippen LogP contribution in [0.3, 0.4) is 0 Å². The number of halogens is 6. The first kappa shape index (κ1) is 24.7. The van der Waals surface area contributed by atoms with Crippen molar-refractivity contribution in [1.29, 1.82) is 0 Å². The molecule has 1 saturated carbocycles. The van der Waals surface area contributed by atoms with Crippen molar-refractivity contribution in [2.75, 3.05) is 0 Å². The number of rotatable bonds is 6. The van der Waals surface area contributed by atoms with E-state index < -0.39 is 29.6 Å². The van der Waals surface area contributed by atoms with E-state index in [1.807, 2.05) is 0 Å². The van der Waals surface area contributed by atoms with E-state index >= 15 is 8.78 Å². The molecule has 0 saturated heterocycles. The molecule has 0 unspecified atom stereocenters. The van der Waals surface area contributed by atoms with E-state index in [1.54, 1.807) is 0 Å². The molecule has 0 N–H and O–H groups in total. The molecule has 0 aliphatic heterocycles. The first-order chi connectivity index (χ1) is 16.1. The number of ether oxygens (including phenoxy) is 1. The quantitative estimate of drug-likeness (QED) is 0.374. The Labute approximate surface area is 195 Å². The Bertz CT molecular complexity index is 1040. The Hall–Kier alpha value is -2.44. The number of fused-ring (bicyclic) bond motifs is 1. The highest BCUT2D eigenvalue weighted by Gasteiger charge is 2.33. The second-order valence-corrected chi connectivity index (χ2v) is 9.42. The lowest BCUT2D eigenvalue weighted by Gasteiger charge is -2.29. The Morgan fingerprint density at radius 2 is 1.56 bits per heavy atom. The van der Waals surface area contributed by atoms with E-state index in [0.29, 0.717) is 28.2 Å². The number of unbranched alkanes of at least 4 members (excludes halogenated alkanes) is 1. The summed E-state index contributed by atoms with van der Waals surface area (Å²) >= 11 is 0. The molecule has 7 heteroatoms. The maximum atomic E-state index is 15.1. The fourth-order valence-electron chi connectivity index (χ4n) is 5.30. The average Bonchev–Trinajstić information content (AvgIpc) is 2.77. The molecule has 4 rings (SSSR count). The minimum Gasteiger partial charge on any atom is -0.403 e. The van der Waals surface area contributed by atoms with Crippen molar-refractivity contribution in [2.45, 2.75) is 77.0 Å². The molecule has 0 radical (unpaired) electrons. The van der Waals surface area contributed by atoms with E-state index in [-0.39, 0.29) is 24.3 Å². The molecular weight excluding hydrogens is 454 g/mol. The van der Waals surface area contributed by atoms with Gasteiger partial charge < -0.3 is 4.74 Å². The summed E-state index contributed by atoms with van der Waals surface area (Å²) in [6.07, 6.45) is 4.47. The van der Waals surface area contributed by atoms with Crippen molar-refractivity contribution >= 4 is 11.6 Å². The molecule has 2 aromatic rings. The van der Waals surface area contributed by atoms with Gasteiger partial charge in [-0.3, -0.25) is 0 Å². The van der Waals surface area contributed by atoms with Crippen molar-refractivity contribution < 1.29 is 31.1 Å². The maximum absolute atomic E-state index is 15.1. The van der Waals surface area contributed by atoms with Crippen LogP contribution in [-0.2, 0) is 6.42 Å². The standard InChI is InChI=1S/C27H28F6O/c1-2-3-4-16-5-7-17(8-6-16)21-13-23(29)26(24(30)14-21)19-10-9-18-15-25(34-27(31,32)33)22(28)12-20(18)11-19/h11-17H,2-10H2,1H3. The number of hydrogen-bond donors (Lipinski definition) is 0. The Balaban J connectivity index is 1.54. The zero-order chi connectivity index (χ0) is 24.5. The summed E-state index contributed by atoms with van der Waals surface area (Å²) in [4.78, 5) is 0. The highest BCUT2D eigenvalue weighted by molar-refractivity contribution is 5.85.